The molecule has 1 amide bonds. The Morgan fingerprint density at radius 1 is 0.909 bits per heavy atom. The number of amides is 1. The fourth-order valence-electron chi connectivity index (χ4n) is 2.95. The number of benzene rings is 2. The minimum atomic E-state index is -1.02. The molecule has 0 aliphatic rings. The van der Waals surface area contributed by atoms with E-state index < -0.39 is 23.8 Å². The Hall–Kier alpha value is -3.22. The van der Waals surface area contributed by atoms with Crippen molar-refractivity contribution in [2.45, 2.75) is 65.1 Å². The Morgan fingerprint density at radius 2 is 1.48 bits per heavy atom. The van der Waals surface area contributed by atoms with Crippen LogP contribution in [-0.4, -0.2) is 42.0 Å². The molecule has 180 valence electrons. The first-order valence-corrected chi connectivity index (χ1v) is 11.0. The van der Waals surface area contributed by atoms with Gasteiger partial charge in [-0.3, -0.25) is 0 Å². The van der Waals surface area contributed by atoms with Crippen molar-refractivity contribution in [3.05, 3.63) is 59.7 Å². The van der Waals surface area contributed by atoms with E-state index in [0.29, 0.717) is 18.0 Å². The van der Waals surface area contributed by atoms with E-state index >= 15 is 0 Å². The summed E-state index contributed by atoms with van der Waals surface area (Å²) in [5.41, 5.74) is 1.43. The van der Waals surface area contributed by atoms with E-state index in [-0.39, 0.29) is 18.4 Å². The molecule has 33 heavy (non-hydrogen) atoms. The van der Waals surface area contributed by atoms with Crippen molar-refractivity contribution >= 4 is 12.1 Å². The van der Waals surface area contributed by atoms with Crippen LogP contribution in [0.1, 0.15) is 52.7 Å². The number of carbonyl (C=O) groups is 2. The van der Waals surface area contributed by atoms with Crippen LogP contribution in [0.25, 0.3) is 0 Å². The molecule has 1 unspecified atom stereocenters. The predicted octanol–water partition coefficient (Wildman–Crippen LogP) is 4.96. The Kier molecular flexibility index (Phi) is 8.74. The average Bonchev–Trinajstić information content (AvgIpc) is 2.70. The summed E-state index contributed by atoms with van der Waals surface area (Å²) < 4.78 is 16.5. The Bertz CT molecular complexity index is 908. The van der Waals surface area contributed by atoms with Gasteiger partial charge in [0.15, 0.2) is 6.10 Å². The van der Waals surface area contributed by atoms with Crippen LogP contribution in [0.5, 0.6) is 11.5 Å². The van der Waals surface area contributed by atoms with Crippen molar-refractivity contribution in [2.24, 2.45) is 0 Å². The molecule has 0 fully saturated rings. The summed E-state index contributed by atoms with van der Waals surface area (Å²) in [4.78, 5) is 23.3. The number of aliphatic carboxylic acids is 1. The summed E-state index contributed by atoms with van der Waals surface area (Å²) in [7, 11) is 0. The monoisotopic (exact) mass is 457 g/mol. The summed E-state index contributed by atoms with van der Waals surface area (Å²) in [5.74, 6) is 0.117. The highest BCUT2D eigenvalue weighted by molar-refractivity contribution is 5.73. The third-order valence-electron chi connectivity index (χ3n) is 4.66. The maximum atomic E-state index is 11.7. The molecule has 2 N–H and O–H groups in total. The average molecular weight is 458 g/mol. The summed E-state index contributed by atoms with van der Waals surface area (Å²) in [6, 6.07) is 14.7. The van der Waals surface area contributed by atoms with Crippen LogP contribution in [0.15, 0.2) is 48.5 Å². The molecule has 1 atom stereocenters. The molecule has 0 heterocycles. The smallest absolute Gasteiger partial charge is 0.407 e. The molecule has 0 saturated carbocycles. The van der Waals surface area contributed by atoms with Crippen LogP contribution in [0.4, 0.5) is 4.79 Å². The highest BCUT2D eigenvalue weighted by atomic mass is 16.6. The van der Waals surface area contributed by atoms with Crippen LogP contribution >= 0.6 is 0 Å². The number of rotatable bonds is 9. The van der Waals surface area contributed by atoms with Crippen LogP contribution in [0.3, 0.4) is 0 Å². The summed E-state index contributed by atoms with van der Waals surface area (Å²) >= 11 is 0. The minimum absolute atomic E-state index is 0.0142. The van der Waals surface area contributed by atoms with Crippen molar-refractivity contribution in [3.8, 4) is 11.5 Å². The SMILES string of the molecule is CC(C)(C)OC(=O)NCCOc1ccc(CC(Oc2ccc(C(C)(C)C)cc2)C(=O)O)cc1. The number of carboxylic acid groups (broad SMARTS) is 1. The van der Waals surface area contributed by atoms with E-state index in [9.17, 15) is 14.7 Å². The van der Waals surface area contributed by atoms with E-state index in [1.807, 2.05) is 12.1 Å². The van der Waals surface area contributed by atoms with E-state index in [1.54, 1.807) is 57.2 Å². The number of alkyl carbamates (subject to hydrolysis) is 1. The van der Waals surface area contributed by atoms with Crippen molar-refractivity contribution < 1.29 is 28.9 Å². The third-order valence-corrected chi connectivity index (χ3v) is 4.66. The first-order valence-electron chi connectivity index (χ1n) is 11.0. The fourth-order valence-corrected chi connectivity index (χ4v) is 2.95. The molecular formula is C26H35NO6. The standard InChI is InChI=1S/C26H35NO6/c1-25(2,3)19-9-13-21(14-10-19)32-22(23(28)29)17-18-7-11-20(12-8-18)31-16-15-27-24(30)33-26(4,5)6/h7-14,22H,15-17H2,1-6H3,(H,27,30)(H,28,29). The summed E-state index contributed by atoms with van der Waals surface area (Å²) in [6.45, 7) is 12.3. The van der Waals surface area contributed by atoms with Gasteiger partial charge in [0.25, 0.3) is 0 Å². The van der Waals surface area contributed by atoms with Crippen LogP contribution < -0.4 is 14.8 Å². The molecule has 2 aromatic rings. The van der Waals surface area contributed by atoms with Gasteiger partial charge in [-0.2, -0.15) is 0 Å². The van der Waals surface area contributed by atoms with Crippen LogP contribution in [0, 0.1) is 0 Å². The van der Waals surface area contributed by atoms with Crippen LogP contribution in [0.2, 0.25) is 0 Å². The molecule has 7 heteroatoms. The van der Waals surface area contributed by atoms with Crippen LogP contribution in [-0.2, 0) is 21.4 Å². The van der Waals surface area contributed by atoms with E-state index in [2.05, 4.69) is 26.1 Å². The lowest BCUT2D eigenvalue weighted by Gasteiger charge is -2.20. The first kappa shape index (κ1) is 26.0. The lowest BCUT2D eigenvalue weighted by Crippen LogP contribution is -2.34. The zero-order valence-electron chi connectivity index (χ0n) is 20.3. The van der Waals surface area contributed by atoms with Crippen molar-refractivity contribution in [1.82, 2.24) is 5.32 Å². The maximum Gasteiger partial charge on any atom is 0.407 e. The van der Waals surface area contributed by atoms with Gasteiger partial charge in [0.1, 0.15) is 23.7 Å². The Morgan fingerprint density at radius 3 is 2.00 bits per heavy atom. The molecule has 2 aromatic carbocycles. The second-order valence-corrected chi connectivity index (χ2v) is 9.84. The van der Waals surface area contributed by atoms with E-state index in [0.717, 1.165) is 11.1 Å². The highest BCUT2D eigenvalue weighted by Gasteiger charge is 2.21. The molecule has 0 aromatic heterocycles. The second kappa shape index (κ2) is 11.1. The van der Waals surface area contributed by atoms with E-state index in [1.165, 1.54) is 0 Å². The Labute approximate surface area is 196 Å². The third kappa shape index (κ3) is 9.43. The Balaban J connectivity index is 1.86. The van der Waals surface area contributed by atoms with Crippen molar-refractivity contribution in [3.63, 3.8) is 0 Å². The van der Waals surface area contributed by atoms with Gasteiger partial charge in [0.2, 0.25) is 0 Å². The minimum Gasteiger partial charge on any atom is -0.492 e. The quantitative estimate of drug-likeness (QED) is 0.517. The summed E-state index contributed by atoms with van der Waals surface area (Å²) in [5, 5.41) is 12.2. The highest BCUT2D eigenvalue weighted by Crippen LogP contribution is 2.25. The van der Waals surface area contributed by atoms with Gasteiger partial charge < -0.3 is 24.6 Å². The second-order valence-electron chi connectivity index (χ2n) is 9.84. The molecular weight excluding hydrogens is 422 g/mol. The van der Waals surface area contributed by atoms with Gasteiger partial charge in [-0.15, -0.1) is 0 Å². The number of hydrogen-bond donors (Lipinski definition) is 2. The van der Waals surface area contributed by atoms with Gasteiger partial charge in [-0.1, -0.05) is 45.0 Å². The first-order chi connectivity index (χ1) is 15.3. The van der Waals surface area contributed by atoms with E-state index in [4.69, 9.17) is 14.2 Å². The molecule has 0 aliphatic heterocycles. The van der Waals surface area contributed by atoms with Gasteiger partial charge in [0, 0.05) is 6.42 Å². The predicted molar refractivity (Wildman–Crippen MR) is 127 cm³/mol. The van der Waals surface area contributed by atoms with Crippen molar-refractivity contribution in [2.75, 3.05) is 13.2 Å². The maximum absolute atomic E-state index is 11.7. The lowest BCUT2D eigenvalue weighted by atomic mass is 9.87. The fraction of sp³-hybridized carbons (Fsp3) is 0.462. The molecule has 0 radical (unpaired) electrons. The molecule has 0 saturated heterocycles. The number of nitrogens with one attached hydrogen (secondary N) is 1. The zero-order chi connectivity index (χ0) is 24.6. The topological polar surface area (TPSA) is 94.1 Å². The number of hydrogen-bond acceptors (Lipinski definition) is 5. The lowest BCUT2D eigenvalue weighted by molar-refractivity contribution is -0.145. The molecule has 0 spiro atoms. The zero-order valence-corrected chi connectivity index (χ0v) is 20.3. The number of ether oxygens (including phenoxy) is 3. The molecule has 0 aliphatic carbocycles. The van der Waals surface area contributed by atoms with Crippen molar-refractivity contribution in [1.29, 1.82) is 0 Å². The summed E-state index contributed by atoms with van der Waals surface area (Å²) in [6.07, 6.45) is -1.28. The van der Waals surface area contributed by atoms with Gasteiger partial charge in [0.05, 0.1) is 6.54 Å². The molecule has 7 nitrogen and oxygen atoms in total. The normalized spacial score (nSPS) is 12.5. The number of carbonyl (C=O) groups excluding carboxylic acids is 1. The number of carboxylic acids is 1. The largest absolute Gasteiger partial charge is 0.492 e. The van der Waals surface area contributed by atoms with Gasteiger partial charge in [-0.05, 0) is 61.6 Å². The molecule has 2 rings (SSSR count). The van der Waals surface area contributed by atoms with Gasteiger partial charge in [-0.25, -0.2) is 9.59 Å². The molecule has 0 bridgehead atoms. The van der Waals surface area contributed by atoms with Gasteiger partial charge >= 0.3 is 12.1 Å².